The van der Waals surface area contributed by atoms with E-state index in [9.17, 15) is 5.11 Å². The minimum Gasteiger partial charge on any atom is -0.491 e. The van der Waals surface area contributed by atoms with Crippen LogP contribution in [0.3, 0.4) is 0 Å². The molecule has 1 aromatic heterocycles. The molecule has 0 spiro atoms. The zero-order valence-electron chi connectivity index (χ0n) is 12.2. The van der Waals surface area contributed by atoms with Crippen LogP contribution in [0.25, 0.3) is 0 Å². The summed E-state index contributed by atoms with van der Waals surface area (Å²) in [6, 6.07) is 7.38. The van der Waals surface area contributed by atoms with Crippen LogP contribution in [-0.2, 0) is 13.6 Å². The highest BCUT2D eigenvalue weighted by atomic mass is 35.5. The van der Waals surface area contributed by atoms with E-state index in [4.69, 9.17) is 16.3 Å². The molecule has 114 valence electrons. The molecule has 21 heavy (non-hydrogen) atoms. The Balaban J connectivity index is 1.69. The Morgan fingerprint density at radius 3 is 2.90 bits per heavy atom. The molecular formula is C15H20ClN3O2. The van der Waals surface area contributed by atoms with Crippen molar-refractivity contribution in [2.24, 2.45) is 7.05 Å². The summed E-state index contributed by atoms with van der Waals surface area (Å²) < 4.78 is 7.29. The lowest BCUT2D eigenvalue weighted by Gasteiger charge is -2.13. The third-order valence-corrected chi connectivity index (χ3v) is 3.45. The molecule has 1 aromatic carbocycles. The number of aliphatic hydroxyl groups is 1. The minimum atomic E-state index is -0.579. The number of nitrogens with one attached hydrogen (secondary N) is 1. The number of aromatic nitrogens is 2. The molecule has 2 N–H and O–H groups in total. The molecule has 6 heteroatoms. The summed E-state index contributed by atoms with van der Waals surface area (Å²) in [6.45, 7) is 3.22. The number of aliphatic hydroxyl groups excluding tert-OH is 1. The van der Waals surface area contributed by atoms with Crippen molar-refractivity contribution >= 4 is 11.6 Å². The monoisotopic (exact) mass is 309 g/mol. The van der Waals surface area contributed by atoms with Crippen molar-refractivity contribution in [1.82, 2.24) is 15.1 Å². The van der Waals surface area contributed by atoms with Gasteiger partial charge in [-0.2, -0.15) is 5.10 Å². The minimum absolute atomic E-state index is 0.232. The molecule has 2 rings (SSSR count). The van der Waals surface area contributed by atoms with E-state index in [1.807, 2.05) is 32.3 Å². The molecule has 0 bridgehead atoms. The second kappa shape index (κ2) is 7.45. The van der Waals surface area contributed by atoms with Crippen LogP contribution in [0.1, 0.15) is 11.3 Å². The summed E-state index contributed by atoms with van der Waals surface area (Å²) in [4.78, 5) is 0. The average Bonchev–Trinajstić information content (AvgIpc) is 2.86. The van der Waals surface area contributed by atoms with E-state index in [0.717, 1.165) is 11.3 Å². The van der Waals surface area contributed by atoms with Crippen LogP contribution in [0.4, 0.5) is 0 Å². The fraction of sp³-hybridized carbons (Fsp3) is 0.400. The molecule has 1 heterocycles. The van der Waals surface area contributed by atoms with Crippen LogP contribution in [0.5, 0.6) is 5.75 Å². The number of nitrogens with zero attached hydrogens (tertiary/aromatic N) is 2. The number of benzene rings is 1. The van der Waals surface area contributed by atoms with Crippen molar-refractivity contribution in [3.8, 4) is 5.75 Å². The highest BCUT2D eigenvalue weighted by Gasteiger charge is 2.06. The zero-order chi connectivity index (χ0) is 15.2. The van der Waals surface area contributed by atoms with Gasteiger partial charge in [0.25, 0.3) is 0 Å². The van der Waals surface area contributed by atoms with Crippen LogP contribution in [-0.4, -0.2) is 34.1 Å². The lowest BCUT2D eigenvalue weighted by atomic mass is 10.2. The van der Waals surface area contributed by atoms with Crippen LogP contribution in [0, 0.1) is 6.92 Å². The molecule has 0 aliphatic heterocycles. The van der Waals surface area contributed by atoms with Crippen molar-refractivity contribution in [2.75, 3.05) is 13.2 Å². The summed E-state index contributed by atoms with van der Waals surface area (Å²) in [6.07, 6.45) is 1.31. The molecular weight excluding hydrogens is 290 g/mol. The summed E-state index contributed by atoms with van der Waals surface area (Å²) in [5.74, 6) is 0.709. The van der Waals surface area contributed by atoms with Gasteiger partial charge in [0.15, 0.2) is 0 Å². The summed E-state index contributed by atoms with van der Waals surface area (Å²) >= 11 is 5.95. The number of hydrogen-bond acceptors (Lipinski definition) is 4. The summed E-state index contributed by atoms with van der Waals surface area (Å²) in [5, 5.41) is 18.0. The lowest BCUT2D eigenvalue weighted by Crippen LogP contribution is -2.31. The maximum atomic E-state index is 9.88. The second-order valence-corrected chi connectivity index (χ2v) is 5.39. The van der Waals surface area contributed by atoms with Crippen LogP contribution in [0.15, 0.2) is 30.5 Å². The van der Waals surface area contributed by atoms with Crippen LogP contribution in [0.2, 0.25) is 5.02 Å². The van der Waals surface area contributed by atoms with Gasteiger partial charge in [0.2, 0.25) is 0 Å². The Labute approximate surface area is 129 Å². The maximum absolute atomic E-state index is 9.88. The molecule has 0 saturated heterocycles. The molecule has 1 unspecified atom stereocenters. The van der Waals surface area contributed by atoms with Gasteiger partial charge in [-0.05, 0) is 36.8 Å². The zero-order valence-corrected chi connectivity index (χ0v) is 13.0. The first-order chi connectivity index (χ1) is 10.0. The van der Waals surface area contributed by atoms with E-state index in [2.05, 4.69) is 10.4 Å². The quantitative estimate of drug-likeness (QED) is 0.820. The van der Waals surface area contributed by atoms with Gasteiger partial charge in [0.05, 0.1) is 5.69 Å². The predicted octanol–water partition coefficient (Wildman–Crippen LogP) is 1.91. The van der Waals surface area contributed by atoms with Crippen LogP contribution >= 0.6 is 11.6 Å². The highest BCUT2D eigenvalue weighted by molar-refractivity contribution is 6.31. The van der Waals surface area contributed by atoms with E-state index in [1.165, 1.54) is 0 Å². The first kappa shape index (κ1) is 15.8. The van der Waals surface area contributed by atoms with Gasteiger partial charge < -0.3 is 15.2 Å². The van der Waals surface area contributed by atoms with Crippen molar-refractivity contribution < 1.29 is 9.84 Å². The smallest absolute Gasteiger partial charge is 0.119 e. The molecule has 0 saturated carbocycles. The number of rotatable bonds is 7. The molecule has 1 atom stereocenters. The average molecular weight is 310 g/mol. The predicted molar refractivity (Wildman–Crippen MR) is 82.6 cm³/mol. The molecule has 0 amide bonds. The topological polar surface area (TPSA) is 59.3 Å². The molecule has 0 aliphatic rings. The van der Waals surface area contributed by atoms with Crippen molar-refractivity contribution in [3.63, 3.8) is 0 Å². The Morgan fingerprint density at radius 1 is 1.43 bits per heavy atom. The molecule has 5 nitrogen and oxygen atoms in total. The Hall–Kier alpha value is -1.56. The van der Waals surface area contributed by atoms with Crippen LogP contribution < -0.4 is 10.1 Å². The van der Waals surface area contributed by atoms with E-state index >= 15 is 0 Å². The Bertz CT molecular complexity index is 586. The summed E-state index contributed by atoms with van der Waals surface area (Å²) in [5.41, 5.74) is 1.90. The fourth-order valence-electron chi connectivity index (χ4n) is 1.88. The van der Waals surface area contributed by atoms with E-state index in [-0.39, 0.29) is 6.61 Å². The van der Waals surface area contributed by atoms with Gasteiger partial charge in [-0.3, -0.25) is 4.68 Å². The number of hydrogen-bond donors (Lipinski definition) is 2. The largest absolute Gasteiger partial charge is 0.491 e. The highest BCUT2D eigenvalue weighted by Crippen LogP contribution is 2.21. The van der Waals surface area contributed by atoms with E-state index < -0.39 is 6.10 Å². The molecule has 0 aliphatic carbocycles. The first-order valence-electron chi connectivity index (χ1n) is 6.81. The van der Waals surface area contributed by atoms with E-state index in [0.29, 0.717) is 23.9 Å². The molecule has 2 aromatic rings. The van der Waals surface area contributed by atoms with Gasteiger partial charge in [-0.15, -0.1) is 0 Å². The Morgan fingerprint density at radius 2 is 2.24 bits per heavy atom. The SMILES string of the molecule is Cc1cc(OCC(O)CNCc2ccn(C)n2)ccc1Cl. The second-order valence-electron chi connectivity index (χ2n) is 4.99. The normalized spacial score (nSPS) is 12.4. The van der Waals surface area contributed by atoms with Gasteiger partial charge in [0.1, 0.15) is 18.5 Å². The Kier molecular flexibility index (Phi) is 5.61. The van der Waals surface area contributed by atoms with Gasteiger partial charge in [-0.25, -0.2) is 0 Å². The van der Waals surface area contributed by atoms with Crippen molar-refractivity contribution in [1.29, 1.82) is 0 Å². The first-order valence-corrected chi connectivity index (χ1v) is 7.18. The van der Waals surface area contributed by atoms with Crippen molar-refractivity contribution in [3.05, 3.63) is 46.7 Å². The van der Waals surface area contributed by atoms with Gasteiger partial charge >= 0.3 is 0 Å². The van der Waals surface area contributed by atoms with Gasteiger partial charge in [-0.1, -0.05) is 11.6 Å². The third kappa shape index (κ3) is 5.04. The lowest BCUT2D eigenvalue weighted by molar-refractivity contribution is 0.106. The fourth-order valence-corrected chi connectivity index (χ4v) is 2.00. The maximum Gasteiger partial charge on any atom is 0.119 e. The standard InChI is InChI=1S/C15H20ClN3O2/c1-11-7-14(3-4-15(11)16)21-10-13(20)9-17-8-12-5-6-19(2)18-12/h3-7,13,17,20H,8-10H2,1-2H3. The van der Waals surface area contributed by atoms with Crippen molar-refractivity contribution in [2.45, 2.75) is 19.6 Å². The molecule has 0 fully saturated rings. The summed E-state index contributed by atoms with van der Waals surface area (Å²) in [7, 11) is 1.88. The van der Waals surface area contributed by atoms with Gasteiger partial charge in [0, 0.05) is 31.4 Å². The number of aryl methyl sites for hydroxylation is 2. The molecule has 0 radical (unpaired) electrons. The number of ether oxygens (including phenoxy) is 1. The number of halogens is 1. The van der Waals surface area contributed by atoms with E-state index in [1.54, 1.807) is 16.8 Å². The third-order valence-electron chi connectivity index (χ3n) is 3.03.